The molecule has 0 radical (unpaired) electrons. The molecule has 1 N–H and O–H groups in total. The van der Waals surface area contributed by atoms with E-state index in [0.717, 1.165) is 0 Å². The van der Waals surface area contributed by atoms with Crippen LogP contribution in [0.3, 0.4) is 0 Å². The highest BCUT2D eigenvalue weighted by Crippen LogP contribution is 2.21. The summed E-state index contributed by atoms with van der Waals surface area (Å²) in [5.74, 6) is 0. The summed E-state index contributed by atoms with van der Waals surface area (Å²) in [6, 6.07) is 18.4. The molecule has 0 saturated heterocycles. The fourth-order valence-electron chi connectivity index (χ4n) is 2.15. The van der Waals surface area contributed by atoms with E-state index in [9.17, 15) is 0 Å². The fraction of sp³-hybridized carbons (Fsp3) is 0.400. The van der Waals surface area contributed by atoms with Gasteiger partial charge in [0, 0.05) is 0 Å². The Morgan fingerprint density at radius 3 is 1.05 bits per heavy atom. The Balaban J connectivity index is 0.00000242. The molecule has 0 aliphatic heterocycles. The molecule has 0 unspecified atom stereocenters. The van der Waals surface area contributed by atoms with Gasteiger partial charge < -0.3 is 5.48 Å². The first kappa shape index (κ1) is 19.2. The van der Waals surface area contributed by atoms with Crippen molar-refractivity contribution < 1.29 is 26.7 Å². The van der Waals surface area contributed by atoms with Gasteiger partial charge in [-0.1, -0.05) is 65.8 Å². The van der Waals surface area contributed by atoms with Crippen LogP contribution in [0.25, 0.3) is 0 Å². The van der Waals surface area contributed by atoms with Gasteiger partial charge in [0.1, 0.15) is 0 Å². The smallest absolute Gasteiger partial charge is 0.357 e. The molecule has 2 rings (SSSR count). The van der Waals surface area contributed by atoms with Gasteiger partial charge in [0.05, 0.1) is 0 Å². The Kier molecular flexibility index (Phi) is 6.22. The molecule has 0 spiro atoms. The van der Waals surface area contributed by atoms with Crippen molar-refractivity contribution in [2.24, 2.45) is 0 Å². The van der Waals surface area contributed by atoms with Crippen molar-refractivity contribution in [3.05, 3.63) is 66.8 Å². The lowest BCUT2D eigenvalue weighted by Gasteiger charge is -2.18. The van der Waals surface area contributed by atoms with Gasteiger partial charge in [-0.25, -0.2) is 0 Å². The van der Waals surface area contributed by atoms with Crippen LogP contribution < -0.4 is 21.2 Å². The predicted molar refractivity (Wildman–Crippen MR) is 89.6 cm³/mol. The summed E-state index contributed by atoms with van der Waals surface area (Å²) < 4.78 is 2.98. The van der Waals surface area contributed by atoms with Crippen molar-refractivity contribution in [1.29, 1.82) is 0 Å². The molecule has 0 saturated carbocycles. The summed E-state index contributed by atoms with van der Waals surface area (Å²) in [5.41, 5.74) is 3.31. The minimum Gasteiger partial charge on any atom is -0.870 e. The molecular formula is C20H27IO. The summed E-state index contributed by atoms with van der Waals surface area (Å²) in [7, 11) is 0. The maximum absolute atomic E-state index is 2.31. The van der Waals surface area contributed by atoms with Crippen molar-refractivity contribution >= 4 is 0 Å². The number of rotatable bonds is 2. The van der Waals surface area contributed by atoms with Crippen molar-refractivity contribution in [2.75, 3.05) is 0 Å². The molecule has 2 aromatic carbocycles. The Hall–Kier alpha value is -0.870. The molecule has 2 aromatic rings. The molecule has 0 aliphatic rings. The van der Waals surface area contributed by atoms with Gasteiger partial charge in [0.25, 0.3) is 0 Å². The average Bonchev–Trinajstić information content (AvgIpc) is 2.38. The van der Waals surface area contributed by atoms with Gasteiger partial charge in [0.2, 0.25) is 0 Å². The fourth-order valence-corrected chi connectivity index (χ4v) is 4.31. The van der Waals surface area contributed by atoms with Crippen LogP contribution in [0, 0.1) is 7.14 Å². The second-order valence-corrected chi connectivity index (χ2v) is 10.6. The molecule has 0 bridgehead atoms. The maximum Gasteiger partial charge on any atom is 0.357 e. The van der Waals surface area contributed by atoms with Crippen LogP contribution in [-0.4, -0.2) is 5.48 Å². The third kappa shape index (κ3) is 5.10. The maximum atomic E-state index is 2.31. The van der Waals surface area contributed by atoms with Crippen LogP contribution in [0.5, 0.6) is 0 Å². The van der Waals surface area contributed by atoms with E-state index in [0.29, 0.717) is 0 Å². The second-order valence-electron chi connectivity index (χ2n) is 7.61. The molecule has 0 atom stereocenters. The van der Waals surface area contributed by atoms with Crippen molar-refractivity contribution in [3.8, 4) is 0 Å². The first-order valence-electron chi connectivity index (χ1n) is 7.52. The third-order valence-corrected chi connectivity index (χ3v) is 6.32. The molecular weight excluding hydrogens is 383 g/mol. The molecule has 22 heavy (non-hydrogen) atoms. The third-order valence-electron chi connectivity index (χ3n) is 3.64. The van der Waals surface area contributed by atoms with E-state index in [4.69, 9.17) is 0 Å². The summed E-state index contributed by atoms with van der Waals surface area (Å²) in [4.78, 5) is 0. The zero-order valence-electron chi connectivity index (χ0n) is 14.4. The zero-order valence-corrected chi connectivity index (χ0v) is 16.6. The van der Waals surface area contributed by atoms with Crippen LogP contribution in [0.4, 0.5) is 0 Å². The van der Waals surface area contributed by atoms with Gasteiger partial charge in [-0.05, 0) is 46.2 Å². The van der Waals surface area contributed by atoms with Crippen molar-refractivity contribution in [1.82, 2.24) is 0 Å². The van der Waals surface area contributed by atoms with Crippen molar-refractivity contribution in [3.63, 3.8) is 0 Å². The highest BCUT2D eigenvalue weighted by Gasteiger charge is 2.20. The van der Waals surface area contributed by atoms with Crippen LogP contribution in [0.2, 0.25) is 0 Å². The van der Waals surface area contributed by atoms with E-state index in [2.05, 4.69) is 90.1 Å². The highest BCUT2D eigenvalue weighted by molar-refractivity contribution is 5.23. The normalized spacial score (nSPS) is 11.9. The summed E-state index contributed by atoms with van der Waals surface area (Å²) in [6.45, 7) is 13.6. The lowest BCUT2D eigenvalue weighted by atomic mass is 9.87. The number of hydrogen-bond donors (Lipinski definition) is 0. The summed E-state index contributed by atoms with van der Waals surface area (Å²) >= 11 is -0.0703. The predicted octanol–water partition coefficient (Wildman–Crippen LogP) is 2.23. The first-order chi connectivity index (χ1) is 9.66. The van der Waals surface area contributed by atoms with Gasteiger partial charge in [-0.3, -0.25) is 0 Å². The van der Waals surface area contributed by atoms with Gasteiger partial charge in [-0.2, -0.15) is 0 Å². The van der Waals surface area contributed by atoms with E-state index in [1.165, 1.54) is 18.3 Å². The standard InChI is InChI=1S/C20H26I.H2O/c1-19(2,3)15-7-11-17(12-8-15)21-18-13-9-16(10-14-18)20(4,5)6;/h7-14H,1-6H3;1H2/q+1;/p-1. The lowest BCUT2D eigenvalue weighted by molar-refractivity contribution is -0.597. The number of halogens is 1. The van der Waals surface area contributed by atoms with Crippen LogP contribution in [0.1, 0.15) is 52.7 Å². The van der Waals surface area contributed by atoms with E-state index in [1.54, 1.807) is 0 Å². The number of benzene rings is 2. The van der Waals surface area contributed by atoms with E-state index in [1.807, 2.05) is 0 Å². The molecule has 2 heteroatoms. The molecule has 0 aromatic heterocycles. The summed E-state index contributed by atoms with van der Waals surface area (Å²) in [6.07, 6.45) is 0. The molecule has 0 aliphatic carbocycles. The Morgan fingerprint density at radius 1 is 0.545 bits per heavy atom. The van der Waals surface area contributed by atoms with Crippen LogP contribution in [-0.2, 0) is 10.8 Å². The molecule has 0 amide bonds. The Labute approximate surface area is 145 Å². The largest absolute Gasteiger partial charge is 0.870 e. The van der Waals surface area contributed by atoms with Crippen molar-refractivity contribution in [2.45, 2.75) is 52.4 Å². The zero-order chi connectivity index (χ0) is 15.7. The Morgan fingerprint density at radius 2 is 0.818 bits per heavy atom. The molecule has 0 heterocycles. The highest BCUT2D eigenvalue weighted by atomic mass is 127. The van der Waals surface area contributed by atoms with E-state index < -0.39 is 0 Å². The molecule has 120 valence electrons. The SMILES string of the molecule is CC(C)(C)c1ccc([I+]c2ccc(C(C)(C)C)cc2)cc1.[OH-]. The lowest BCUT2D eigenvalue weighted by Crippen LogP contribution is -3.61. The Bertz CT molecular complexity index is 528. The van der Waals surface area contributed by atoms with Crippen LogP contribution >= 0.6 is 0 Å². The van der Waals surface area contributed by atoms with E-state index >= 15 is 0 Å². The number of hydrogen-bond acceptors (Lipinski definition) is 1. The van der Waals surface area contributed by atoms with E-state index in [-0.39, 0.29) is 37.5 Å². The monoisotopic (exact) mass is 410 g/mol. The molecule has 1 nitrogen and oxygen atoms in total. The van der Waals surface area contributed by atoms with Gasteiger partial charge in [-0.15, -0.1) is 0 Å². The first-order valence-corrected chi connectivity index (χ1v) is 9.68. The quantitative estimate of drug-likeness (QED) is 0.699. The average molecular weight is 410 g/mol. The minimum atomic E-state index is -0.0703. The second kappa shape index (κ2) is 7.14. The van der Waals surface area contributed by atoms with Gasteiger partial charge >= 0.3 is 21.2 Å². The topological polar surface area (TPSA) is 30.0 Å². The van der Waals surface area contributed by atoms with Crippen LogP contribution in [0.15, 0.2) is 48.5 Å². The summed E-state index contributed by atoms with van der Waals surface area (Å²) in [5, 5.41) is 0. The van der Waals surface area contributed by atoms with Gasteiger partial charge in [0.15, 0.2) is 7.14 Å². The minimum absolute atomic E-state index is 0. The molecule has 0 fully saturated rings.